The molecule has 1 aromatic carbocycles. The molecule has 1 fully saturated rings. The van der Waals surface area contributed by atoms with Gasteiger partial charge in [-0.2, -0.15) is 0 Å². The van der Waals surface area contributed by atoms with E-state index in [0.717, 1.165) is 24.5 Å². The molecule has 0 bridgehead atoms. The van der Waals surface area contributed by atoms with Crippen molar-refractivity contribution in [2.45, 2.75) is 38.3 Å². The lowest BCUT2D eigenvalue weighted by atomic mass is 10.0. The van der Waals surface area contributed by atoms with E-state index in [0.29, 0.717) is 6.10 Å². The lowest BCUT2D eigenvalue weighted by Gasteiger charge is -2.17. The number of furan rings is 1. The Morgan fingerprint density at radius 1 is 1.25 bits per heavy atom. The van der Waals surface area contributed by atoms with Gasteiger partial charge in [0.2, 0.25) is 0 Å². The van der Waals surface area contributed by atoms with Gasteiger partial charge in [-0.1, -0.05) is 19.1 Å². The summed E-state index contributed by atoms with van der Waals surface area (Å²) < 4.78 is 11.3. The van der Waals surface area contributed by atoms with Crippen molar-refractivity contribution >= 4 is 0 Å². The molecule has 1 aromatic heterocycles. The van der Waals surface area contributed by atoms with Crippen LogP contribution < -0.4 is 10.1 Å². The van der Waals surface area contributed by atoms with Gasteiger partial charge < -0.3 is 14.5 Å². The molecule has 0 radical (unpaired) electrons. The molecule has 1 unspecified atom stereocenters. The van der Waals surface area contributed by atoms with Crippen LogP contribution in [0.4, 0.5) is 0 Å². The van der Waals surface area contributed by atoms with Gasteiger partial charge in [-0.15, -0.1) is 0 Å². The lowest BCUT2D eigenvalue weighted by Crippen LogP contribution is -2.22. The second-order valence-corrected chi connectivity index (χ2v) is 5.29. The highest BCUT2D eigenvalue weighted by molar-refractivity contribution is 5.33. The van der Waals surface area contributed by atoms with Gasteiger partial charge in [0, 0.05) is 0 Å². The Balaban J connectivity index is 1.75. The second-order valence-electron chi connectivity index (χ2n) is 5.29. The monoisotopic (exact) mass is 271 g/mol. The first-order valence-corrected chi connectivity index (χ1v) is 7.40. The molecule has 1 saturated carbocycles. The zero-order valence-corrected chi connectivity index (χ0v) is 11.8. The Labute approximate surface area is 119 Å². The molecule has 1 heterocycles. The first kappa shape index (κ1) is 13.3. The van der Waals surface area contributed by atoms with Gasteiger partial charge in [-0.05, 0) is 55.6 Å². The van der Waals surface area contributed by atoms with Crippen molar-refractivity contribution in [3.8, 4) is 5.75 Å². The maximum absolute atomic E-state index is 5.79. The van der Waals surface area contributed by atoms with Gasteiger partial charge in [0.05, 0.1) is 18.4 Å². The van der Waals surface area contributed by atoms with Crippen LogP contribution in [0, 0.1) is 0 Å². The largest absolute Gasteiger partial charge is 0.490 e. The van der Waals surface area contributed by atoms with Crippen molar-refractivity contribution in [2.75, 3.05) is 6.54 Å². The van der Waals surface area contributed by atoms with Gasteiger partial charge in [0.1, 0.15) is 11.5 Å². The zero-order valence-electron chi connectivity index (χ0n) is 11.8. The van der Waals surface area contributed by atoms with Crippen LogP contribution in [0.5, 0.6) is 5.75 Å². The van der Waals surface area contributed by atoms with Gasteiger partial charge in [0.25, 0.3) is 0 Å². The van der Waals surface area contributed by atoms with Crippen LogP contribution >= 0.6 is 0 Å². The van der Waals surface area contributed by atoms with Crippen LogP contribution in [0.1, 0.15) is 43.6 Å². The Morgan fingerprint density at radius 2 is 2.05 bits per heavy atom. The van der Waals surface area contributed by atoms with Crippen molar-refractivity contribution in [1.82, 2.24) is 5.32 Å². The third-order valence-electron chi connectivity index (χ3n) is 3.47. The van der Waals surface area contributed by atoms with Crippen LogP contribution in [0.25, 0.3) is 0 Å². The summed E-state index contributed by atoms with van der Waals surface area (Å²) in [5, 5.41) is 3.53. The molecule has 3 nitrogen and oxygen atoms in total. The molecule has 1 atom stereocenters. The third-order valence-corrected chi connectivity index (χ3v) is 3.47. The van der Waals surface area contributed by atoms with Gasteiger partial charge in [-0.25, -0.2) is 0 Å². The molecule has 0 saturated heterocycles. The molecule has 2 aromatic rings. The lowest BCUT2D eigenvalue weighted by molar-refractivity contribution is 0.303. The molecule has 1 N–H and O–H groups in total. The fourth-order valence-corrected chi connectivity index (χ4v) is 2.24. The van der Waals surface area contributed by atoms with E-state index in [9.17, 15) is 0 Å². The van der Waals surface area contributed by atoms with Gasteiger partial charge >= 0.3 is 0 Å². The number of rotatable bonds is 7. The van der Waals surface area contributed by atoms with E-state index in [4.69, 9.17) is 9.15 Å². The number of hydrogen-bond donors (Lipinski definition) is 1. The van der Waals surface area contributed by atoms with Gasteiger partial charge in [-0.3, -0.25) is 0 Å². The molecule has 0 aliphatic heterocycles. The van der Waals surface area contributed by atoms with Crippen molar-refractivity contribution < 1.29 is 9.15 Å². The summed E-state index contributed by atoms with van der Waals surface area (Å²) in [5.41, 5.74) is 1.21. The van der Waals surface area contributed by atoms with E-state index < -0.39 is 0 Å². The standard InChI is InChI=1S/C17H21NO2/c1-2-11-18-17(16-4-3-12-19-16)13-5-7-14(8-6-13)20-15-9-10-15/h3-8,12,15,17-18H,2,9-11H2,1H3. The highest BCUT2D eigenvalue weighted by atomic mass is 16.5. The van der Waals surface area contributed by atoms with Crippen LogP contribution in [0.3, 0.4) is 0 Å². The van der Waals surface area contributed by atoms with Gasteiger partial charge in [0.15, 0.2) is 0 Å². The van der Waals surface area contributed by atoms with Crippen molar-refractivity contribution in [3.63, 3.8) is 0 Å². The number of hydrogen-bond acceptors (Lipinski definition) is 3. The predicted molar refractivity (Wildman–Crippen MR) is 78.9 cm³/mol. The summed E-state index contributed by atoms with van der Waals surface area (Å²) >= 11 is 0. The summed E-state index contributed by atoms with van der Waals surface area (Å²) in [6.07, 6.45) is 5.64. The third kappa shape index (κ3) is 3.23. The summed E-state index contributed by atoms with van der Waals surface area (Å²) in [5.74, 6) is 1.92. The first-order chi connectivity index (χ1) is 9.86. The average molecular weight is 271 g/mol. The second kappa shape index (κ2) is 6.14. The normalized spacial score (nSPS) is 16.1. The molecule has 3 heteroatoms. The van der Waals surface area contributed by atoms with E-state index in [1.807, 2.05) is 12.1 Å². The molecule has 20 heavy (non-hydrogen) atoms. The number of ether oxygens (including phenoxy) is 1. The molecule has 0 amide bonds. The van der Waals surface area contributed by atoms with Crippen molar-refractivity contribution in [2.24, 2.45) is 0 Å². The summed E-state index contributed by atoms with van der Waals surface area (Å²) in [4.78, 5) is 0. The Hall–Kier alpha value is -1.74. The average Bonchev–Trinajstić information content (AvgIpc) is 3.12. The molecule has 0 spiro atoms. The van der Waals surface area contributed by atoms with Crippen molar-refractivity contribution in [3.05, 3.63) is 54.0 Å². The fourth-order valence-electron chi connectivity index (χ4n) is 2.24. The molecule has 1 aliphatic carbocycles. The zero-order chi connectivity index (χ0) is 13.8. The molecule has 1 aliphatic rings. The van der Waals surface area contributed by atoms with E-state index in [1.54, 1.807) is 6.26 Å². The van der Waals surface area contributed by atoms with Crippen LogP contribution in [-0.2, 0) is 0 Å². The fraction of sp³-hybridized carbons (Fsp3) is 0.412. The van der Waals surface area contributed by atoms with Crippen LogP contribution in [-0.4, -0.2) is 12.6 Å². The minimum Gasteiger partial charge on any atom is -0.490 e. The number of benzene rings is 1. The maximum Gasteiger partial charge on any atom is 0.125 e. The van der Waals surface area contributed by atoms with Crippen LogP contribution in [0.15, 0.2) is 47.1 Å². The summed E-state index contributed by atoms with van der Waals surface area (Å²) in [7, 11) is 0. The van der Waals surface area contributed by atoms with Crippen molar-refractivity contribution in [1.29, 1.82) is 0 Å². The van der Waals surface area contributed by atoms with E-state index in [1.165, 1.54) is 18.4 Å². The Morgan fingerprint density at radius 3 is 2.65 bits per heavy atom. The Bertz CT molecular complexity index is 514. The Kier molecular flexibility index (Phi) is 4.07. The number of nitrogens with one attached hydrogen (secondary N) is 1. The molecular formula is C17H21NO2. The maximum atomic E-state index is 5.79. The highest BCUT2D eigenvalue weighted by Crippen LogP contribution is 2.29. The summed E-state index contributed by atoms with van der Waals surface area (Å²) in [6.45, 7) is 3.13. The molecule has 3 rings (SSSR count). The molecule has 106 valence electrons. The van der Waals surface area contributed by atoms with E-state index in [-0.39, 0.29) is 6.04 Å². The molecular weight excluding hydrogens is 250 g/mol. The van der Waals surface area contributed by atoms with E-state index >= 15 is 0 Å². The highest BCUT2D eigenvalue weighted by Gasteiger charge is 2.23. The minimum atomic E-state index is 0.111. The smallest absolute Gasteiger partial charge is 0.125 e. The van der Waals surface area contributed by atoms with E-state index in [2.05, 4.69) is 36.5 Å². The minimum absolute atomic E-state index is 0.111. The summed E-state index contributed by atoms with van der Waals surface area (Å²) in [6, 6.07) is 12.4. The topological polar surface area (TPSA) is 34.4 Å². The SMILES string of the molecule is CCCNC(c1ccc(OC2CC2)cc1)c1ccco1. The van der Waals surface area contributed by atoms with Crippen LogP contribution in [0.2, 0.25) is 0 Å². The quantitative estimate of drug-likeness (QED) is 0.829. The first-order valence-electron chi connectivity index (χ1n) is 7.40. The predicted octanol–water partition coefficient (Wildman–Crippen LogP) is 3.91.